The van der Waals surface area contributed by atoms with Crippen molar-refractivity contribution in [1.29, 1.82) is 0 Å². The van der Waals surface area contributed by atoms with Crippen LogP contribution in [0.1, 0.15) is 21.6 Å². The first-order chi connectivity index (χ1) is 11.6. The molecule has 24 heavy (non-hydrogen) atoms. The van der Waals surface area contributed by atoms with Crippen LogP contribution in [0.3, 0.4) is 0 Å². The molecule has 0 saturated heterocycles. The number of hydrogen-bond donors (Lipinski definition) is 2. The highest BCUT2D eigenvalue weighted by Crippen LogP contribution is 2.33. The van der Waals surface area contributed by atoms with Crippen LogP contribution in [0, 0.1) is 0 Å². The first-order valence-corrected chi connectivity index (χ1v) is 7.67. The van der Waals surface area contributed by atoms with Crippen molar-refractivity contribution in [2.24, 2.45) is 0 Å². The molecule has 2 N–H and O–H groups in total. The average molecular weight is 329 g/mol. The van der Waals surface area contributed by atoms with Gasteiger partial charge in [0, 0.05) is 7.11 Å². The van der Waals surface area contributed by atoms with Crippen LogP contribution in [0.2, 0.25) is 0 Å². The third-order valence-electron chi connectivity index (χ3n) is 4.07. The summed E-state index contributed by atoms with van der Waals surface area (Å²) in [7, 11) is 1.64. The molecule has 0 amide bonds. The number of carboxylic acids is 1. The number of carbonyl (C=O) groups is 1. The van der Waals surface area contributed by atoms with Crippen molar-refractivity contribution in [2.75, 3.05) is 32.2 Å². The molecule has 2 aromatic rings. The Hall–Kier alpha value is -2.51. The molecule has 0 saturated carbocycles. The molecule has 0 aliphatic carbocycles. The molecule has 3 rings (SSSR count). The number of anilines is 1. The smallest absolute Gasteiger partial charge is 0.356 e. The fourth-order valence-electron chi connectivity index (χ4n) is 2.94. The van der Waals surface area contributed by atoms with Gasteiger partial charge in [-0.25, -0.2) is 4.79 Å². The third kappa shape index (κ3) is 3.22. The van der Waals surface area contributed by atoms with Crippen LogP contribution in [-0.2, 0) is 21.5 Å². The SMILES string of the molecule is COCC1(CNc2ccc(C(=O)O)nn2)OCCc2ccccc21. The van der Waals surface area contributed by atoms with Gasteiger partial charge < -0.3 is 19.9 Å². The van der Waals surface area contributed by atoms with Crippen LogP contribution >= 0.6 is 0 Å². The van der Waals surface area contributed by atoms with Gasteiger partial charge in [-0.1, -0.05) is 24.3 Å². The van der Waals surface area contributed by atoms with E-state index in [0.717, 1.165) is 12.0 Å². The minimum Gasteiger partial charge on any atom is -0.476 e. The van der Waals surface area contributed by atoms with Crippen molar-refractivity contribution in [1.82, 2.24) is 10.2 Å². The normalized spacial score (nSPS) is 19.5. The van der Waals surface area contributed by atoms with Gasteiger partial charge in [0.1, 0.15) is 11.4 Å². The molecular formula is C17H19N3O4. The van der Waals surface area contributed by atoms with Gasteiger partial charge in [0.15, 0.2) is 5.69 Å². The second-order valence-corrected chi connectivity index (χ2v) is 5.65. The van der Waals surface area contributed by atoms with Crippen molar-refractivity contribution in [3.05, 3.63) is 53.2 Å². The molecule has 0 radical (unpaired) electrons. The van der Waals surface area contributed by atoms with E-state index in [0.29, 0.717) is 25.6 Å². The second-order valence-electron chi connectivity index (χ2n) is 5.65. The first-order valence-electron chi connectivity index (χ1n) is 7.67. The highest BCUT2D eigenvalue weighted by atomic mass is 16.5. The van der Waals surface area contributed by atoms with Crippen LogP contribution in [0.15, 0.2) is 36.4 Å². The number of rotatable bonds is 6. The van der Waals surface area contributed by atoms with E-state index in [1.807, 2.05) is 18.2 Å². The summed E-state index contributed by atoms with van der Waals surface area (Å²) in [6, 6.07) is 11.2. The Morgan fingerprint density at radius 1 is 1.33 bits per heavy atom. The zero-order valence-corrected chi connectivity index (χ0v) is 13.4. The lowest BCUT2D eigenvalue weighted by Crippen LogP contribution is -2.45. The number of nitrogens with zero attached hydrogens (tertiary/aromatic N) is 2. The number of nitrogens with one attached hydrogen (secondary N) is 1. The molecule has 1 aliphatic rings. The minimum atomic E-state index is -1.10. The van der Waals surface area contributed by atoms with Crippen molar-refractivity contribution in [3.63, 3.8) is 0 Å². The van der Waals surface area contributed by atoms with Crippen LogP contribution in [0.4, 0.5) is 5.82 Å². The van der Waals surface area contributed by atoms with E-state index in [-0.39, 0.29) is 5.69 Å². The van der Waals surface area contributed by atoms with E-state index in [9.17, 15) is 4.79 Å². The fourth-order valence-corrected chi connectivity index (χ4v) is 2.94. The van der Waals surface area contributed by atoms with E-state index in [1.165, 1.54) is 11.6 Å². The van der Waals surface area contributed by atoms with Crippen LogP contribution in [-0.4, -0.2) is 48.1 Å². The Kier molecular flexibility index (Phi) is 4.73. The largest absolute Gasteiger partial charge is 0.476 e. The molecule has 126 valence electrons. The number of fused-ring (bicyclic) bond motifs is 1. The monoisotopic (exact) mass is 329 g/mol. The van der Waals surface area contributed by atoms with E-state index in [4.69, 9.17) is 14.6 Å². The lowest BCUT2D eigenvalue weighted by atomic mass is 9.86. The summed E-state index contributed by atoms with van der Waals surface area (Å²) in [6.07, 6.45) is 0.870. The van der Waals surface area contributed by atoms with Gasteiger partial charge in [0.2, 0.25) is 0 Å². The van der Waals surface area contributed by atoms with Crippen molar-refractivity contribution < 1.29 is 19.4 Å². The highest BCUT2D eigenvalue weighted by molar-refractivity contribution is 5.85. The number of hydrogen-bond acceptors (Lipinski definition) is 6. The quantitative estimate of drug-likeness (QED) is 0.833. The van der Waals surface area contributed by atoms with Gasteiger partial charge in [0.25, 0.3) is 0 Å². The van der Waals surface area contributed by atoms with E-state index < -0.39 is 11.6 Å². The maximum Gasteiger partial charge on any atom is 0.356 e. The van der Waals surface area contributed by atoms with Gasteiger partial charge in [0.05, 0.1) is 19.8 Å². The summed E-state index contributed by atoms with van der Waals surface area (Å²) in [6.45, 7) is 1.46. The predicted molar refractivity (Wildman–Crippen MR) is 87.1 cm³/mol. The standard InChI is InChI=1S/C17H19N3O4/c1-23-11-17(13-5-3-2-4-12(13)8-9-24-17)10-18-15-7-6-14(16(21)22)19-20-15/h2-7H,8-11H2,1H3,(H,18,20)(H,21,22). The number of methoxy groups -OCH3 is 1. The zero-order chi connectivity index (χ0) is 17.0. The number of aromatic nitrogens is 2. The second kappa shape index (κ2) is 6.94. The van der Waals surface area contributed by atoms with Gasteiger partial charge in [-0.15, -0.1) is 10.2 Å². The molecule has 2 heterocycles. The molecule has 1 aromatic heterocycles. The average Bonchev–Trinajstić information content (AvgIpc) is 2.61. The van der Waals surface area contributed by atoms with E-state index in [1.54, 1.807) is 13.2 Å². The third-order valence-corrected chi connectivity index (χ3v) is 4.07. The molecule has 7 heteroatoms. The zero-order valence-electron chi connectivity index (χ0n) is 13.4. The van der Waals surface area contributed by atoms with Crippen LogP contribution < -0.4 is 5.32 Å². The molecule has 0 bridgehead atoms. The summed E-state index contributed by atoms with van der Waals surface area (Å²) in [5, 5.41) is 19.6. The first kappa shape index (κ1) is 16.4. The van der Waals surface area contributed by atoms with Crippen molar-refractivity contribution in [3.8, 4) is 0 Å². The van der Waals surface area contributed by atoms with Gasteiger partial charge in [-0.2, -0.15) is 0 Å². The summed E-state index contributed by atoms with van der Waals surface area (Å²) in [5.41, 5.74) is 1.64. The number of carboxylic acid groups (broad SMARTS) is 1. The molecule has 0 spiro atoms. The number of benzene rings is 1. The van der Waals surface area contributed by atoms with E-state index in [2.05, 4.69) is 21.6 Å². The van der Waals surface area contributed by atoms with Gasteiger partial charge in [-0.3, -0.25) is 0 Å². The Morgan fingerprint density at radius 2 is 2.17 bits per heavy atom. The lowest BCUT2D eigenvalue weighted by molar-refractivity contribution is -0.0937. The minimum absolute atomic E-state index is 0.0913. The molecule has 1 atom stereocenters. The molecule has 1 aromatic carbocycles. The van der Waals surface area contributed by atoms with Gasteiger partial charge in [-0.05, 0) is 29.7 Å². The number of ether oxygens (including phenoxy) is 2. The number of aromatic carboxylic acids is 1. The van der Waals surface area contributed by atoms with Crippen LogP contribution in [0.5, 0.6) is 0 Å². The Morgan fingerprint density at radius 3 is 2.88 bits per heavy atom. The Bertz CT molecular complexity index is 720. The maximum absolute atomic E-state index is 10.8. The highest BCUT2D eigenvalue weighted by Gasteiger charge is 2.38. The van der Waals surface area contributed by atoms with Gasteiger partial charge >= 0.3 is 5.97 Å². The molecule has 0 fully saturated rings. The lowest BCUT2D eigenvalue weighted by Gasteiger charge is -2.38. The maximum atomic E-state index is 10.8. The Balaban J connectivity index is 1.81. The topological polar surface area (TPSA) is 93.6 Å². The summed E-state index contributed by atoms with van der Waals surface area (Å²) in [5.74, 6) is -0.614. The van der Waals surface area contributed by atoms with Crippen LogP contribution in [0.25, 0.3) is 0 Å². The molecule has 1 aliphatic heterocycles. The molecule has 7 nitrogen and oxygen atoms in total. The van der Waals surface area contributed by atoms with Crippen molar-refractivity contribution >= 4 is 11.8 Å². The molecule has 1 unspecified atom stereocenters. The van der Waals surface area contributed by atoms with Crippen molar-refractivity contribution in [2.45, 2.75) is 12.0 Å². The summed E-state index contributed by atoms with van der Waals surface area (Å²) < 4.78 is 11.5. The fraction of sp³-hybridized carbons (Fsp3) is 0.353. The predicted octanol–water partition coefficient (Wildman–Crippen LogP) is 1.70. The Labute approximate surface area is 139 Å². The van der Waals surface area contributed by atoms with E-state index >= 15 is 0 Å². The summed E-state index contributed by atoms with van der Waals surface area (Å²) in [4.78, 5) is 10.8. The molecular weight excluding hydrogens is 310 g/mol. The summed E-state index contributed by atoms with van der Waals surface area (Å²) >= 11 is 0.